The Bertz CT molecular complexity index is 651. The van der Waals surface area contributed by atoms with E-state index in [1.54, 1.807) is 0 Å². The van der Waals surface area contributed by atoms with Crippen LogP contribution in [0, 0.1) is 10.1 Å². The summed E-state index contributed by atoms with van der Waals surface area (Å²) in [5.74, 6) is -0.304. The van der Waals surface area contributed by atoms with Crippen molar-refractivity contribution < 1.29 is 9.66 Å². The largest absolute Gasteiger partial charge is 0.433 e. The number of hydrogen-bond donors (Lipinski definition) is 1. The summed E-state index contributed by atoms with van der Waals surface area (Å²) in [5.41, 5.74) is 4.90. The molecule has 2 aromatic rings. The second-order valence-electron chi connectivity index (χ2n) is 3.35. The summed E-state index contributed by atoms with van der Waals surface area (Å²) < 4.78 is 5.27. The van der Waals surface area contributed by atoms with Crippen molar-refractivity contribution in [1.82, 2.24) is 9.97 Å². The minimum Gasteiger partial charge on any atom is -0.433 e. The van der Waals surface area contributed by atoms with Crippen molar-refractivity contribution in [2.24, 2.45) is 0 Å². The van der Waals surface area contributed by atoms with Gasteiger partial charge in [0.25, 0.3) is 0 Å². The van der Waals surface area contributed by atoms with Crippen molar-refractivity contribution in [3.05, 3.63) is 44.7 Å². The minimum atomic E-state index is -0.720. The second kappa shape index (κ2) is 5.25. The zero-order chi connectivity index (χ0) is 14.0. The van der Waals surface area contributed by atoms with Gasteiger partial charge < -0.3 is 10.5 Å². The summed E-state index contributed by atoms with van der Waals surface area (Å²) in [7, 11) is 0. The summed E-state index contributed by atoms with van der Waals surface area (Å²) in [6.45, 7) is 0. The van der Waals surface area contributed by atoms with Crippen molar-refractivity contribution in [2.75, 3.05) is 5.73 Å². The summed E-state index contributed by atoms with van der Waals surface area (Å²) in [6.07, 6.45) is 1.06. The molecule has 0 aliphatic rings. The van der Waals surface area contributed by atoms with Gasteiger partial charge >= 0.3 is 11.6 Å². The molecular weight excluding hydrogens is 295 g/mol. The third-order valence-electron chi connectivity index (χ3n) is 2.11. The van der Waals surface area contributed by atoms with E-state index >= 15 is 0 Å². The van der Waals surface area contributed by atoms with E-state index in [2.05, 4.69) is 9.97 Å². The molecule has 0 unspecified atom stereocenters. The number of hydrogen-bond acceptors (Lipinski definition) is 6. The molecule has 0 amide bonds. The molecule has 1 aromatic carbocycles. The highest BCUT2D eigenvalue weighted by Crippen LogP contribution is 2.34. The number of nitro groups is 1. The van der Waals surface area contributed by atoms with Crippen LogP contribution in [0.25, 0.3) is 0 Å². The number of anilines is 1. The molecule has 0 spiro atoms. The maximum atomic E-state index is 10.9. The van der Waals surface area contributed by atoms with Crippen LogP contribution in [0.3, 0.4) is 0 Å². The lowest BCUT2D eigenvalue weighted by atomic mass is 10.3. The van der Waals surface area contributed by atoms with Crippen LogP contribution in [0.5, 0.6) is 11.6 Å². The van der Waals surface area contributed by atoms with Gasteiger partial charge in [0, 0.05) is 6.07 Å². The number of nitrogens with two attached hydrogens (primary N) is 1. The molecule has 0 saturated heterocycles. The Morgan fingerprint density at radius 2 is 2.00 bits per heavy atom. The highest BCUT2D eigenvalue weighted by molar-refractivity contribution is 6.42. The van der Waals surface area contributed by atoms with Crippen molar-refractivity contribution in [3.63, 3.8) is 0 Å². The van der Waals surface area contributed by atoms with E-state index in [9.17, 15) is 10.1 Å². The molecule has 2 rings (SSSR count). The highest BCUT2D eigenvalue weighted by Gasteiger charge is 2.23. The van der Waals surface area contributed by atoms with Crippen molar-refractivity contribution in [2.45, 2.75) is 0 Å². The first-order chi connectivity index (χ1) is 8.99. The zero-order valence-corrected chi connectivity index (χ0v) is 10.7. The highest BCUT2D eigenvalue weighted by atomic mass is 35.5. The molecule has 0 aliphatic heterocycles. The lowest BCUT2D eigenvalue weighted by Crippen LogP contribution is -2.02. The molecule has 19 heavy (non-hydrogen) atoms. The normalized spacial score (nSPS) is 10.2. The minimum absolute atomic E-state index is 0.246. The van der Waals surface area contributed by atoms with Crippen LogP contribution in [0.2, 0.25) is 10.0 Å². The van der Waals surface area contributed by atoms with E-state index in [1.807, 2.05) is 0 Å². The van der Waals surface area contributed by atoms with E-state index in [1.165, 1.54) is 18.2 Å². The Kier molecular flexibility index (Phi) is 3.68. The number of nitrogen functional groups attached to an aromatic ring is 1. The summed E-state index contributed by atoms with van der Waals surface area (Å²) in [4.78, 5) is 17.4. The number of rotatable bonds is 3. The van der Waals surface area contributed by atoms with Gasteiger partial charge in [0.15, 0.2) is 0 Å². The van der Waals surface area contributed by atoms with Crippen LogP contribution in [-0.4, -0.2) is 14.9 Å². The molecular formula is C10H6Cl2N4O3. The molecule has 0 bridgehead atoms. The van der Waals surface area contributed by atoms with Crippen LogP contribution in [0.4, 0.5) is 11.5 Å². The van der Waals surface area contributed by atoms with Gasteiger partial charge in [0.05, 0.1) is 15.0 Å². The molecule has 0 atom stereocenters. The van der Waals surface area contributed by atoms with Crippen molar-refractivity contribution in [1.29, 1.82) is 0 Å². The van der Waals surface area contributed by atoms with Gasteiger partial charge in [-0.25, -0.2) is 4.98 Å². The maximum Gasteiger partial charge on any atom is 0.372 e. The molecule has 0 radical (unpaired) electrons. The number of nitrogens with zero attached hydrogens (tertiary/aromatic N) is 3. The van der Waals surface area contributed by atoms with Gasteiger partial charge in [-0.05, 0) is 12.1 Å². The van der Waals surface area contributed by atoms with E-state index in [4.69, 9.17) is 33.7 Å². The van der Waals surface area contributed by atoms with Gasteiger partial charge in [-0.1, -0.05) is 23.2 Å². The Hall–Kier alpha value is -2.12. The Morgan fingerprint density at radius 1 is 1.26 bits per heavy atom. The molecule has 1 heterocycles. The summed E-state index contributed by atoms with van der Waals surface area (Å²) in [5, 5.41) is 11.5. The Balaban J connectivity index is 2.40. The average molecular weight is 301 g/mol. The van der Waals surface area contributed by atoms with E-state index in [-0.39, 0.29) is 22.5 Å². The van der Waals surface area contributed by atoms with Crippen molar-refractivity contribution in [3.8, 4) is 11.6 Å². The Labute approximate surface area is 117 Å². The summed E-state index contributed by atoms with van der Waals surface area (Å²) >= 11 is 11.6. The molecule has 0 saturated carbocycles. The molecule has 98 valence electrons. The fourth-order valence-electron chi connectivity index (χ4n) is 1.27. The predicted molar refractivity (Wildman–Crippen MR) is 69.6 cm³/mol. The molecule has 0 aliphatic carbocycles. The number of aromatic nitrogens is 2. The number of ether oxygens (including phenoxy) is 1. The Morgan fingerprint density at radius 3 is 2.63 bits per heavy atom. The van der Waals surface area contributed by atoms with Crippen LogP contribution in [0.1, 0.15) is 0 Å². The molecule has 2 N–H and O–H groups in total. The monoisotopic (exact) mass is 300 g/mol. The first kappa shape index (κ1) is 13.3. The third-order valence-corrected chi connectivity index (χ3v) is 2.84. The fraction of sp³-hybridized carbons (Fsp3) is 0. The lowest BCUT2D eigenvalue weighted by Gasteiger charge is -2.06. The summed E-state index contributed by atoms with van der Waals surface area (Å²) in [6, 6.07) is 4.40. The average Bonchev–Trinajstić information content (AvgIpc) is 2.33. The van der Waals surface area contributed by atoms with Crippen LogP contribution in [0.15, 0.2) is 24.5 Å². The van der Waals surface area contributed by atoms with Crippen LogP contribution in [-0.2, 0) is 0 Å². The fourth-order valence-corrected chi connectivity index (χ4v) is 1.56. The number of benzene rings is 1. The maximum absolute atomic E-state index is 10.9. The smallest absolute Gasteiger partial charge is 0.372 e. The third kappa shape index (κ3) is 2.83. The van der Waals surface area contributed by atoms with Gasteiger partial charge in [-0.2, -0.15) is 4.98 Å². The second-order valence-corrected chi connectivity index (χ2v) is 4.16. The van der Waals surface area contributed by atoms with E-state index in [0.29, 0.717) is 5.02 Å². The molecule has 0 fully saturated rings. The van der Waals surface area contributed by atoms with Gasteiger partial charge in [-0.3, -0.25) is 10.1 Å². The van der Waals surface area contributed by atoms with Gasteiger partial charge in [0.1, 0.15) is 12.1 Å². The van der Waals surface area contributed by atoms with E-state index in [0.717, 1.165) is 6.33 Å². The van der Waals surface area contributed by atoms with Crippen LogP contribution >= 0.6 is 23.2 Å². The van der Waals surface area contributed by atoms with Crippen LogP contribution < -0.4 is 10.5 Å². The van der Waals surface area contributed by atoms with Crippen molar-refractivity contribution >= 4 is 34.7 Å². The topological polar surface area (TPSA) is 104 Å². The zero-order valence-electron chi connectivity index (χ0n) is 9.21. The molecule has 9 heteroatoms. The number of halogens is 2. The first-order valence-electron chi connectivity index (χ1n) is 4.87. The first-order valence-corrected chi connectivity index (χ1v) is 5.62. The predicted octanol–water partition coefficient (Wildman–Crippen LogP) is 3.07. The quantitative estimate of drug-likeness (QED) is 0.690. The SMILES string of the molecule is Nc1ncnc(Oc2ccc(Cl)c(Cl)c2)c1[N+](=O)[O-]. The van der Waals surface area contributed by atoms with Gasteiger partial charge in [0.2, 0.25) is 5.82 Å². The van der Waals surface area contributed by atoms with E-state index < -0.39 is 10.6 Å². The molecule has 1 aromatic heterocycles. The standard InChI is InChI=1S/C10H6Cl2N4O3/c11-6-2-1-5(3-7(6)12)19-10-8(16(17)18)9(13)14-4-15-10/h1-4H,(H2,13,14,15). The lowest BCUT2D eigenvalue weighted by molar-refractivity contribution is -0.385. The van der Waals surface area contributed by atoms with Gasteiger partial charge in [-0.15, -0.1) is 0 Å². The molecule has 7 nitrogen and oxygen atoms in total.